The first kappa shape index (κ1) is 20.0. The molecule has 0 atom stereocenters. The zero-order valence-electron chi connectivity index (χ0n) is 15.0. The second kappa shape index (κ2) is 8.86. The summed E-state index contributed by atoms with van der Waals surface area (Å²) in [6, 6.07) is 6.93. The Labute approximate surface area is 160 Å². The molecule has 0 saturated heterocycles. The van der Waals surface area contributed by atoms with Crippen molar-refractivity contribution in [2.45, 2.75) is 30.6 Å². The molecule has 0 saturated carbocycles. The number of methoxy groups -OCH3 is 1. The summed E-state index contributed by atoms with van der Waals surface area (Å²) in [5.41, 5.74) is 0.422. The average Bonchev–Trinajstić information content (AvgIpc) is 2.98. The van der Waals surface area contributed by atoms with E-state index in [0.29, 0.717) is 9.47 Å². The van der Waals surface area contributed by atoms with Gasteiger partial charge in [0.15, 0.2) is 4.34 Å². The smallest absolute Gasteiger partial charge is 0.321 e. The lowest BCUT2D eigenvalue weighted by Gasteiger charge is -2.20. The van der Waals surface area contributed by atoms with E-state index in [0.717, 1.165) is 11.4 Å². The number of nitrogens with zero attached hydrogens (tertiary/aromatic N) is 2. The topological polar surface area (TPSA) is 105 Å². The highest BCUT2D eigenvalue weighted by Gasteiger charge is 2.16. The maximum absolute atomic E-state index is 11.8. The van der Waals surface area contributed by atoms with Gasteiger partial charge in [0, 0.05) is 17.3 Å². The molecular formula is C16H21N5O3S2. The van der Waals surface area contributed by atoms with E-state index in [2.05, 4.69) is 26.1 Å². The van der Waals surface area contributed by atoms with Gasteiger partial charge < -0.3 is 15.4 Å². The fourth-order valence-corrected chi connectivity index (χ4v) is 3.38. The van der Waals surface area contributed by atoms with Crippen molar-refractivity contribution >= 4 is 45.9 Å². The van der Waals surface area contributed by atoms with Gasteiger partial charge in [-0.1, -0.05) is 29.2 Å². The van der Waals surface area contributed by atoms with Crippen LogP contribution in [0.25, 0.3) is 0 Å². The van der Waals surface area contributed by atoms with Crippen LogP contribution in [-0.4, -0.2) is 40.5 Å². The molecule has 2 aromatic rings. The number of aromatic nitrogens is 2. The van der Waals surface area contributed by atoms with Crippen molar-refractivity contribution in [2.75, 3.05) is 18.2 Å². The van der Waals surface area contributed by atoms with E-state index in [1.54, 1.807) is 7.11 Å². The van der Waals surface area contributed by atoms with Gasteiger partial charge in [0.2, 0.25) is 11.0 Å². The maximum atomic E-state index is 11.8. The molecule has 1 aromatic carbocycles. The molecule has 0 aliphatic rings. The summed E-state index contributed by atoms with van der Waals surface area (Å²) >= 11 is 2.54. The first-order valence-electron chi connectivity index (χ1n) is 7.74. The standard InChI is InChI=1S/C16H21N5O3S2/c1-16(2,3)19-13(23)18-12(22)9-25-15-21-20-14(26-15)17-10-6-5-7-11(8-10)24-4/h5-8H,9H2,1-4H3,(H,17,20)(H2,18,19,22,23). The number of ether oxygens (including phenoxy) is 1. The Kier molecular flexibility index (Phi) is 6.81. The summed E-state index contributed by atoms with van der Waals surface area (Å²) in [5.74, 6) is 0.416. The molecule has 3 N–H and O–H groups in total. The van der Waals surface area contributed by atoms with Crippen LogP contribution in [0.1, 0.15) is 20.8 Å². The minimum atomic E-state index is -0.513. The van der Waals surface area contributed by atoms with Crippen LogP contribution >= 0.6 is 23.1 Å². The van der Waals surface area contributed by atoms with Crippen molar-refractivity contribution in [1.29, 1.82) is 0 Å². The van der Waals surface area contributed by atoms with Crippen molar-refractivity contribution < 1.29 is 14.3 Å². The fourth-order valence-electron chi connectivity index (χ4n) is 1.80. The van der Waals surface area contributed by atoms with Gasteiger partial charge in [0.05, 0.1) is 12.9 Å². The summed E-state index contributed by atoms with van der Waals surface area (Å²) in [6.07, 6.45) is 0. The van der Waals surface area contributed by atoms with E-state index in [9.17, 15) is 9.59 Å². The van der Waals surface area contributed by atoms with Crippen molar-refractivity contribution in [3.63, 3.8) is 0 Å². The lowest BCUT2D eigenvalue weighted by molar-refractivity contribution is -0.117. The lowest BCUT2D eigenvalue weighted by Crippen LogP contribution is -2.48. The number of nitrogens with one attached hydrogen (secondary N) is 3. The van der Waals surface area contributed by atoms with Gasteiger partial charge in [-0.25, -0.2) is 4.79 Å². The number of carbonyl (C=O) groups excluding carboxylic acids is 2. The highest BCUT2D eigenvalue weighted by molar-refractivity contribution is 8.01. The highest BCUT2D eigenvalue weighted by Crippen LogP contribution is 2.28. The normalized spacial score (nSPS) is 10.9. The first-order chi connectivity index (χ1) is 12.2. The number of hydrogen-bond acceptors (Lipinski definition) is 8. The molecule has 1 heterocycles. The number of rotatable bonds is 6. The third-order valence-corrected chi connectivity index (χ3v) is 4.77. The van der Waals surface area contributed by atoms with Crippen LogP contribution in [0, 0.1) is 0 Å². The predicted molar refractivity (Wildman–Crippen MR) is 103 cm³/mol. The molecule has 0 aliphatic carbocycles. The molecule has 3 amide bonds. The third kappa shape index (κ3) is 6.89. The van der Waals surface area contributed by atoms with E-state index < -0.39 is 17.5 Å². The molecule has 26 heavy (non-hydrogen) atoms. The summed E-state index contributed by atoms with van der Waals surface area (Å²) in [6.45, 7) is 5.51. The molecule has 1 aromatic heterocycles. The summed E-state index contributed by atoms with van der Waals surface area (Å²) in [5, 5.41) is 16.7. The van der Waals surface area contributed by atoms with Gasteiger partial charge >= 0.3 is 6.03 Å². The van der Waals surface area contributed by atoms with Crippen molar-refractivity contribution in [1.82, 2.24) is 20.8 Å². The number of hydrogen-bond donors (Lipinski definition) is 3. The van der Waals surface area contributed by atoms with Gasteiger partial charge in [-0.05, 0) is 32.9 Å². The van der Waals surface area contributed by atoms with E-state index in [1.165, 1.54) is 23.1 Å². The molecule has 0 unspecified atom stereocenters. The SMILES string of the molecule is COc1cccc(Nc2nnc(SCC(=O)NC(=O)NC(C)(C)C)s2)c1. The van der Waals surface area contributed by atoms with E-state index in [-0.39, 0.29) is 5.75 Å². The zero-order chi connectivity index (χ0) is 19.2. The lowest BCUT2D eigenvalue weighted by atomic mass is 10.1. The minimum absolute atomic E-state index is 0.0748. The molecule has 0 aliphatic heterocycles. The van der Waals surface area contributed by atoms with Crippen molar-refractivity contribution in [3.05, 3.63) is 24.3 Å². The maximum Gasteiger partial charge on any atom is 0.321 e. The summed E-state index contributed by atoms with van der Waals surface area (Å²) in [4.78, 5) is 23.5. The minimum Gasteiger partial charge on any atom is -0.497 e. The monoisotopic (exact) mass is 395 g/mol. The Balaban J connectivity index is 1.82. The van der Waals surface area contributed by atoms with Crippen LogP contribution in [0.15, 0.2) is 28.6 Å². The molecule has 10 heteroatoms. The molecule has 0 fully saturated rings. The van der Waals surface area contributed by atoms with Gasteiger partial charge in [0.1, 0.15) is 5.75 Å². The number of anilines is 2. The number of carbonyl (C=O) groups is 2. The molecular weight excluding hydrogens is 374 g/mol. The number of thioether (sulfide) groups is 1. The highest BCUT2D eigenvalue weighted by atomic mass is 32.2. The van der Waals surface area contributed by atoms with Gasteiger partial charge in [0.25, 0.3) is 0 Å². The predicted octanol–water partition coefficient (Wildman–Crippen LogP) is 3.01. The Bertz CT molecular complexity index is 773. The zero-order valence-corrected chi connectivity index (χ0v) is 16.6. The largest absolute Gasteiger partial charge is 0.497 e. The Morgan fingerprint density at radius 3 is 2.73 bits per heavy atom. The van der Waals surface area contributed by atoms with Crippen LogP contribution in [0.3, 0.4) is 0 Å². The van der Waals surface area contributed by atoms with Crippen LogP contribution in [0.5, 0.6) is 5.75 Å². The number of amides is 3. The van der Waals surface area contributed by atoms with Gasteiger partial charge in [-0.2, -0.15) is 0 Å². The molecule has 0 radical (unpaired) electrons. The fraction of sp³-hybridized carbons (Fsp3) is 0.375. The van der Waals surface area contributed by atoms with E-state index in [1.807, 2.05) is 45.0 Å². The molecule has 2 rings (SSSR count). The third-order valence-electron chi connectivity index (χ3n) is 2.80. The molecule has 140 valence electrons. The summed E-state index contributed by atoms with van der Waals surface area (Å²) < 4.78 is 5.80. The number of benzene rings is 1. The second-order valence-corrected chi connectivity index (χ2v) is 8.47. The quantitative estimate of drug-likeness (QED) is 0.646. The van der Waals surface area contributed by atoms with Crippen LogP contribution in [-0.2, 0) is 4.79 Å². The van der Waals surface area contributed by atoms with Crippen LogP contribution in [0.4, 0.5) is 15.6 Å². The van der Waals surface area contributed by atoms with Crippen LogP contribution < -0.4 is 20.7 Å². The second-order valence-electron chi connectivity index (χ2n) is 6.27. The van der Waals surface area contributed by atoms with Crippen molar-refractivity contribution in [2.24, 2.45) is 0 Å². The molecule has 0 bridgehead atoms. The Hall–Kier alpha value is -2.33. The van der Waals surface area contributed by atoms with Crippen LogP contribution in [0.2, 0.25) is 0 Å². The average molecular weight is 396 g/mol. The molecule has 0 spiro atoms. The molecule has 8 nitrogen and oxygen atoms in total. The number of urea groups is 1. The summed E-state index contributed by atoms with van der Waals surface area (Å²) in [7, 11) is 1.60. The van der Waals surface area contributed by atoms with Gasteiger partial charge in [-0.3, -0.25) is 10.1 Å². The van der Waals surface area contributed by atoms with E-state index >= 15 is 0 Å². The van der Waals surface area contributed by atoms with Gasteiger partial charge in [-0.15, -0.1) is 10.2 Å². The van der Waals surface area contributed by atoms with Crippen molar-refractivity contribution in [3.8, 4) is 5.75 Å². The Morgan fingerprint density at radius 1 is 1.27 bits per heavy atom. The first-order valence-corrected chi connectivity index (χ1v) is 9.55. The number of imide groups is 1. The Morgan fingerprint density at radius 2 is 2.04 bits per heavy atom. The van der Waals surface area contributed by atoms with E-state index in [4.69, 9.17) is 4.74 Å².